The van der Waals surface area contributed by atoms with Gasteiger partial charge in [0.1, 0.15) is 5.76 Å². The van der Waals surface area contributed by atoms with Gasteiger partial charge in [0, 0.05) is 10.7 Å². The molecule has 0 unspecified atom stereocenters. The second kappa shape index (κ2) is 10.5. The third-order valence-corrected chi connectivity index (χ3v) is 4.14. The van der Waals surface area contributed by atoms with Crippen LogP contribution in [0.4, 0.5) is 5.69 Å². The summed E-state index contributed by atoms with van der Waals surface area (Å²) in [5, 5.41) is 5.81. The van der Waals surface area contributed by atoms with Gasteiger partial charge in [-0.15, -0.1) is 11.8 Å². The van der Waals surface area contributed by atoms with Gasteiger partial charge in [0.25, 0.3) is 5.91 Å². The van der Waals surface area contributed by atoms with Gasteiger partial charge in [-0.1, -0.05) is 11.6 Å². The normalized spacial score (nSPS) is 10.2. The van der Waals surface area contributed by atoms with Crippen molar-refractivity contribution in [1.29, 1.82) is 0 Å². The Balaban J connectivity index is 1.55. The highest BCUT2D eigenvalue weighted by Crippen LogP contribution is 2.13. The monoisotopic (exact) mass is 396 g/mol. The molecule has 1 aromatic heterocycles. The minimum atomic E-state index is -0.567. The third-order valence-electron chi connectivity index (χ3n) is 2.99. The number of hydrogen-bond acceptors (Lipinski definition) is 6. The van der Waals surface area contributed by atoms with E-state index < -0.39 is 11.9 Å². The third kappa shape index (κ3) is 7.62. The zero-order valence-electron chi connectivity index (χ0n) is 13.7. The minimum Gasteiger partial charge on any atom is -0.467 e. The van der Waals surface area contributed by atoms with E-state index >= 15 is 0 Å². The summed E-state index contributed by atoms with van der Waals surface area (Å²) < 4.78 is 9.90. The largest absolute Gasteiger partial charge is 0.467 e. The molecule has 0 aliphatic carbocycles. The first-order valence-electron chi connectivity index (χ1n) is 7.61. The average molecular weight is 397 g/mol. The number of ether oxygens (including phenoxy) is 1. The number of amides is 2. The second-order valence-electron chi connectivity index (χ2n) is 5.06. The van der Waals surface area contributed by atoms with Crippen molar-refractivity contribution in [3.63, 3.8) is 0 Å². The van der Waals surface area contributed by atoms with Crippen LogP contribution in [0.25, 0.3) is 0 Å². The van der Waals surface area contributed by atoms with Crippen LogP contribution in [0.1, 0.15) is 5.76 Å². The molecule has 2 amide bonds. The smallest absolute Gasteiger partial charge is 0.316 e. The SMILES string of the molecule is O=C(COC(=O)CSCC(=O)Nc1ccc(Cl)cc1)NCc1ccco1. The summed E-state index contributed by atoms with van der Waals surface area (Å²) in [5.41, 5.74) is 0.621. The Morgan fingerprint density at radius 1 is 1.08 bits per heavy atom. The molecule has 0 spiro atoms. The van der Waals surface area contributed by atoms with Crippen LogP contribution in [0.15, 0.2) is 47.1 Å². The minimum absolute atomic E-state index is 0.0283. The van der Waals surface area contributed by atoms with Gasteiger partial charge in [0.15, 0.2) is 6.61 Å². The van der Waals surface area contributed by atoms with Crippen LogP contribution in [-0.4, -0.2) is 35.9 Å². The number of halogens is 1. The molecule has 2 N–H and O–H groups in total. The first kappa shape index (κ1) is 19.9. The molecule has 9 heteroatoms. The lowest BCUT2D eigenvalue weighted by Gasteiger charge is -2.06. The van der Waals surface area contributed by atoms with E-state index in [1.807, 2.05) is 0 Å². The van der Waals surface area contributed by atoms with E-state index in [9.17, 15) is 14.4 Å². The molecule has 2 rings (SSSR count). The van der Waals surface area contributed by atoms with Crippen molar-refractivity contribution in [2.75, 3.05) is 23.4 Å². The second-order valence-corrected chi connectivity index (χ2v) is 6.49. The van der Waals surface area contributed by atoms with Gasteiger partial charge in [0.2, 0.25) is 5.91 Å². The first-order valence-corrected chi connectivity index (χ1v) is 9.14. The van der Waals surface area contributed by atoms with Gasteiger partial charge < -0.3 is 19.8 Å². The maximum Gasteiger partial charge on any atom is 0.316 e. The van der Waals surface area contributed by atoms with Crippen molar-refractivity contribution in [1.82, 2.24) is 5.32 Å². The molecule has 0 fully saturated rings. The predicted octanol–water partition coefficient (Wildman–Crippen LogP) is 2.46. The molecule has 1 aromatic carbocycles. The van der Waals surface area contributed by atoms with Crippen LogP contribution in [0.2, 0.25) is 5.02 Å². The summed E-state index contributed by atoms with van der Waals surface area (Å²) in [6, 6.07) is 10.1. The average Bonchev–Trinajstić information content (AvgIpc) is 3.14. The number of carbonyl (C=O) groups is 3. The van der Waals surface area contributed by atoms with Gasteiger partial charge in [-0.2, -0.15) is 0 Å². The van der Waals surface area contributed by atoms with Crippen molar-refractivity contribution in [3.05, 3.63) is 53.4 Å². The fourth-order valence-corrected chi connectivity index (χ4v) is 2.53. The molecule has 0 bridgehead atoms. The molecule has 7 nitrogen and oxygen atoms in total. The molecular formula is C17H17ClN2O5S. The van der Waals surface area contributed by atoms with Gasteiger partial charge in [-0.3, -0.25) is 14.4 Å². The lowest BCUT2D eigenvalue weighted by Crippen LogP contribution is -2.28. The zero-order valence-corrected chi connectivity index (χ0v) is 15.3. The van der Waals surface area contributed by atoms with Crippen LogP contribution < -0.4 is 10.6 Å². The molecule has 0 aliphatic heterocycles. The first-order chi connectivity index (χ1) is 12.5. The van der Waals surface area contributed by atoms with Gasteiger partial charge in [-0.25, -0.2) is 0 Å². The van der Waals surface area contributed by atoms with Gasteiger partial charge in [-0.05, 0) is 36.4 Å². The van der Waals surface area contributed by atoms with Crippen molar-refractivity contribution in [2.45, 2.75) is 6.54 Å². The molecule has 0 radical (unpaired) electrons. The summed E-state index contributed by atoms with van der Waals surface area (Å²) in [4.78, 5) is 34.9. The van der Waals surface area contributed by atoms with E-state index in [1.165, 1.54) is 6.26 Å². The van der Waals surface area contributed by atoms with E-state index in [2.05, 4.69) is 10.6 Å². The number of anilines is 1. The standard InChI is InChI=1S/C17H17ClN2O5S/c18-12-3-5-13(6-4-12)20-16(22)10-26-11-17(23)25-9-15(21)19-8-14-2-1-7-24-14/h1-7H,8-11H2,(H,19,21)(H,20,22). The number of rotatable bonds is 9. The van der Waals surface area contributed by atoms with E-state index in [4.69, 9.17) is 20.8 Å². The van der Waals surface area contributed by atoms with Crippen molar-refractivity contribution < 1.29 is 23.5 Å². The number of nitrogens with one attached hydrogen (secondary N) is 2. The van der Waals surface area contributed by atoms with Crippen LogP contribution >= 0.6 is 23.4 Å². The maximum absolute atomic E-state index is 11.8. The highest BCUT2D eigenvalue weighted by Gasteiger charge is 2.10. The van der Waals surface area contributed by atoms with E-state index in [0.29, 0.717) is 16.5 Å². The molecule has 26 heavy (non-hydrogen) atoms. The highest BCUT2D eigenvalue weighted by molar-refractivity contribution is 8.00. The Morgan fingerprint density at radius 3 is 2.54 bits per heavy atom. The number of carbonyl (C=O) groups excluding carboxylic acids is 3. The van der Waals surface area contributed by atoms with E-state index in [-0.39, 0.29) is 30.6 Å². The van der Waals surface area contributed by atoms with E-state index in [1.54, 1.807) is 36.4 Å². The van der Waals surface area contributed by atoms with Gasteiger partial charge >= 0.3 is 5.97 Å². The molecular weight excluding hydrogens is 380 g/mol. The number of thioether (sulfide) groups is 1. The molecule has 0 aliphatic rings. The van der Waals surface area contributed by atoms with Crippen LogP contribution in [0, 0.1) is 0 Å². The van der Waals surface area contributed by atoms with Crippen LogP contribution in [0.3, 0.4) is 0 Å². The predicted molar refractivity (Wildman–Crippen MR) is 98.9 cm³/mol. The summed E-state index contributed by atoms with van der Waals surface area (Å²) in [5.74, 6) is -0.585. The Morgan fingerprint density at radius 2 is 1.85 bits per heavy atom. The lowest BCUT2D eigenvalue weighted by atomic mass is 10.3. The quantitative estimate of drug-likeness (QED) is 0.632. The van der Waals surface area contributed by atoms with Crippen molar-refractivity contribution >= 4 is 46.8 Å². The Hall–Kier alpha value is -2.45. The Labute approximate surface area is 159 Å². The van der Waals surface area contributed by atoms with Crippen LogP contribution in [0.5, 0.6) is 0 Å². The van der Waals surface area contributed by atoms with Crippen molar-refractivity contribution in [2.24, 2.45) is 0 Å². The highest BCUT2D eigenvalue weighted by atomic mass is 35.5. The Bertz CT molecular complexity index is 734. The number of furan rings is 1. The number of hydrogen-bond donors (Lipinski definition) is 2. The molecule has 1 heterocycles. The lowest BCUT2D eigenvalue weighted by molar-refractivity contribution is -0.146. The Kier molecular flexibility index (Phi) is 8.04. The summed E-state index contributed by atoms with van der Waals surface area (Å²) in [6.45, 7) is -0.153. The fourth-order valence-electron chi connectivity index (χ4n) is 1.79. The molecule has 138 valence electrons. The number of esters is 1. The summed E-state index contributed by atoms with van der Waals surface area (Å²) in [6.07, 6.45) is 1.50. The molecule has 0 saturated heterocycles. The fraction of sp³-hybridized carbons (Fsp3) is 0.235. The molecule has 2 aromatic rings. The topological polar surface area (TPSA) is 97.6 Å². The maximum atomic E-state index is 11.8. The van der Waals surface area contributed by atoms with E-state index in [0.717, 1.165) is 11.8 Å². The number of benzene rings is 1. The van der Waals surface area contributed by atoms with Crippen LogP contribution in [-0.2, 0) is 25.7 Å². The molecule has 0 saturated carbocycles. The summed E-state index contributed by atoms with van der Waals surface area (Å²) in [7, 11) is 0. The summed E-state index contributed by atoms with van der Waals surface area (Å²) >= 11 is 6.86. The van der Waals surface area contributed by atoms with Gasteiger partial charge in [0.05, 0.1) is 24.3 Å². The zero-order chi connectivity index (χ0) is 18.8. The van der Waals surface area contributed by atoms with Crippen molar-refractivity contribution in [3.8, 4) is 0 Å². The molecule has 0 atom stereocenters.